The van der Waals surface area contributed by atoms with Crippen molar-refractivity contribution in [2.75, 3.05) is 26.4 Å². The van der Waals surface area contributed by atoms with Crippen LogP contribution in [0, 0.1) is 11.8 Å². The van der Waals surface area contributed by atoms with Crippen molar-refractivity contribution in [3.63, 3.8) is 0 Å². The number of aliphatic hydroxyl groups excluding tert-OH is 5. The maximum Gasteiger partial charge on any atom is 0.472 e. The van der Waals surface area contributed by atoms with Crippen LogP contribution in [0.5, 0.6) is 0 Å². The normalized spacial score (nSPS) is 20.7. The molecular weight excluding hydrogens is 819 g/mol. The summed E-state index contributed by atoms with van der Waals surface area (Å²) in [4.78, 5) is 35.3. The number of carbonyl (C=O) groups excluding carboxylic acids is 2. The smallest absolute Gasteiger partial charge is 0.462 e. The van der Waals surface area contributed by atoms with Crippen molar-refractivity contribution in [1.82, 2.24) is 0 Å². The molecule has 1 heterocycles. The molecule has 1 rings (SSSR count). The van der Waals surface area contributed by atoms with Gasteiger partial charge in [0.2, 0.25) is 0 Å². The second-order valence-electron chi connectivity index (χ2n) is 17.5. The molecule has 6 N–H and O–H groups in total. The van der Waals surface area contributed by atoms with Crippen LogP contribution in [0.15, 0.2) is 24.3 Å². The molecule has 1 fully saturated rings. The fraction of sp³-hybridized carbons (Fsp3) is 0.872. The van der Waals surface area contributed by atoms with Gasteiger partial charge in [-0.25, -0.2) is 4.57 Å². The number of hydrogen-bond acceptors (Lipinski definition) is 13. The Kier molecular flexibility index (Phi) is 35.3. The van der Waals surface area contributed by atoms with E-state index >= 15 is 0 Å². The topological polar surface area (TPSA) is 219 Å². The van der Waals surface area contributed by atoms with Gasteiger partial charge in [-0.1, -0.05) is 161 Å². The first-order valence-electron chi connectivity index (χ1n) is 24.0. The Labute approximate surface area is 373 Å². The molecule has 8 atom stereocenters. The molecule has 1 aliphatic heterocycles. The number of phosphoric ester groups is 1. The monoisotopic (exact) mass is 907 g/mol. The van der Waals surface area contributed by atoms with Gasteiger partial charge in [-0.05, 0) is 38.0 Å². The second kappa shape index (κ2) is 37.5. The molecule has 364 valence electrons. The molecule has 1 saturated heterocycles. The van der Waals surface area contributed by atoms with Crippen LogP contribution in [-0.2, 0) is 37.4 Å². The molecule has 0 aromatic heterocycles. The molecule has 0 aromatic rings. The van der Waals surface area contributed by atoms with Crippen LogP contribution in [0.1, 0.15) is 188 Å². The van der Waals surface area contributed by atoms with E-state index in [0.29, 0.717) is 32.1 Å². The zero-order valence-electron chi connectivity index (χ0n) is 38.5. The van der Waals surface area contributed by atoms with Crippen molar-refractivity contribution in [2.24, 2.45) is 11.8 Å². The number of ether oxygens (including phenoxy) is 3. The van der Waals surface area contributed by atoms with E-state index in [0.717, 1.165) is 44.4 Å². The highest BCUT2D eigenvalue weighted by atomic mass is 31.2. The highest BCUT2D eigenvalue weighted by Crippen LogP contribution is 2.43. The molecule has 0 spiro atoms. The van der Waals surface area contributed by atoms with E-state index in [1.165, 1.54) is 77.0 Å². The average molecular weight is 907 g/mol. The highest BCUT2D eigenvalue weighted by molar-refractivity contribution is 7.47. The largest absolute Gasteiger partial charge is 0.472 e. The van der Waals surface area contributed by atoms with E-state index in [1.54, 1.807) is 12.2 Å². The number of carbonyl (C=O) groups is 2. The summed E-state index contributed by atoms with van der Waals surface area (Å²) in [5.74, 6) is -0.636. The van der Waals surface area contributed by atoms with E-state index in [9.17, 15) is 39.5 Å². The quantitative estimate of drug-likeness (QED) is 0.0146. The van der Waals surface area contributed by atoms with Crippen LogP contribution >= 0.6 is 7.82 Å². The van der Waals surface area contributed by atoms with Crippen molar-refractivity contribution >= 4 is 19.8 Å². The van der Waals surface area contributed by atoms with Crippen LogP contribution in [0.2, 0.25) is 0 Å². The van der Waals surface area contributed by atoms with Crippen LogP contribution in [0.25, 0.3) is 0 Å². The summed E-state index contributed by atoms with van der Waals surface area (Å²) in [6.45, 7) is 4.32. The first kappa shape index (κ1) is 58.3. The van der Waals surface area contributed by atoms with E-state index in [1.807, 2.05) is 12.2 Å². The number of rotatable bonds is 40. The summed E-state index contributed by atoms with van der Waals surface area (Å²) in [6, 6.07) is 0. The molecule has 0 saturated carbocycles. The number of phosphoric acid groups is 1. The average Bonchev–Trinajstić information content (AvgIpc) is 3.23. The van der Waals surface area contributed by atoms with Gasteiger partial charge < -0.3 is 44.6 Å². The maximum absolute atomic E-state index is 12.8. The number of unbranched alkanes of at least 4 members (excludes halogenated alkanes) is 17. The predicted molar refractivity (Wildman–Crippen MR) is 241 cm³/mol. The number of aliphatic hydroxyl groups is 5. The van der Waals surface area contributed by atoms with E-state index < -0.39 is 83.0 Å². The van der Waals surface area contributed by atoms with Gasteiger partial charge in [-0.15, -0.1) is 0 Å². The zero-order valence-corrected chi connectivity index (χ0v) is 39.4. The Balaban J connectivity index is 2.44. The van der Waals surface area contributed by atoms with Crippen LogP contribution in [-0.4, -0.2) is 106 Å². The molecule has 1 aliphatic rings. The minimum atomic E-state index is -4.70. The zero-order chi connectivity index (χ0) is 45.9. The SMILES string of the molecule is CCCCC[C@H](O)/C=C/[C@H]1OC(O)C[C@H](O)[C@@H]1C/C=C\CCCC(=O)O[C@H](COC(=O)CCCCCCCCCCCCCCCCCC(C)C)COP(=O)(O)OC[C@@H](O)CO. The molecule has 2 unspecified atom stereocenters. The van der Waals surface area contributed by atoms with Gasteiger partial charge >= 0.3 is 19.8 Å². The Morgan fingerprint density at radius 2 is 1.31 bits per heavy atom. The lowest BCUT2D eigenvalue weighted by Gasteiger charge is -2.36. The molecular formula is C47H87O14P. The van der Waals surface area contributed by atoms with Gasteiger partial charge in [0, 0.05) is 25.2 Å². The molecule has 14 nitrogen and oxygen atoms in total. The summed E-state index contributed by atoms with van der Waals surface area (Å²) < 4.78 is 38.4. The van der Waals surface area contributed by atoms with Gasteiger partial charge in [0.15, 0.2) is 12.4 Å². The van der Waals surface area contributed by atoms with Gasteiger partial charge in [0.1, 0.15) is 12.7 Å². The Morgan fingerprint density at radius 1 is 0.742 bits per heavy atom. The maximum atomic E-state index is 12.8. The molecule has 0 aromatic carbocycles. The minimum Gasteiger partial charge on any atom is -0.462 e. The Hall–Kier alpha value is -1.71. The summed E-state index contributed by atoms with van der Waals surface area (Å²) in [5.41, 5.74) is 0. The summed E-state index contributed by atoms with van der Waals surface area (Å²) in [5, 5.41) is 49.4. The van der Waals surface area contributed by atoms with E-state index in [-0.39, 0.29) is 25.2 Å². The van der Waals surface area contributed by atoms with Crippen LogP contribution in [0.3, 0.4) is 0 Å². The van der Waals surface area contributed by atoms with Crippen LogP contribution < -0.4 is 0 Å². The number of esters is 2. The lowest BCUT2D eigenvalue weighted by molar-refractivity contribution is -0.199. The van der Waals surface area contributed by atoms with Crippen molar-refractivity contribution in [3.05, 3.63) is 24.3 Å². The first-order valence-corrected chi connectivity index (χ1v) is 25.5. The third-order valence-corrected chi connectivity index (χ3v) is 12.0. The fourth-order valence-corrected chi connectivity index (χ4v) is 8.07. The summed E-state index contributed by atoms with van der Waals surface area (Å²) in [7, 11) is -4.70. The Morgan fingerprint density at radius 3 is 1.90 bits per heavy atom. The summed E-state index contributed by atoms with van der Waals surface area (Å²) in [6.07, 6.45) is 26.2. The van der Waals surface area contributed by atoms with E-state index in [2.05, 4.69) is 25.3 Å². The van der Waals surface area contributed by atoms with Crippen molar-refractivity contribution in [1.29, 1.82) is 0 Å². The van der Waals surface area contributed by atoms with E-state index in [4.69, 9.17) is 23.8 Å². The lowest BCUT2D eigenvalue weighted by atomic mass is 9.87. The highest BCUT2D eigenvalue weighted by Gasteiger charge is 2.35. The molecule has 0 amide bonds. The molecule has 62 heavy (non-hydrogen) atoms. The number of allylic oxidation sites excluding steroid dienone is 2. The number of hydrogen-bond donors (Lipinski definition) is 6. The van der Waals surface area contributed by atoms with Crippen molar-refractivity contribution < 1.29 is 67.8 Å². The van der Waals surface area contributed by atoms with Gasteiger partial charge in [-0.2, -0.15) is 0 Å². The lowest BCUT2D eigenvalue weighted by Crippen LogP contribution is -2.43. The van der Waals surface area contributed by atoms with Gasteiger partial charge in [0.05, 0.1) is 38.1 Å². The summed E-state index contributed by atoms with van der Waals surface area (Å²) >= 11 is 0. The van der Waals surface area contributed by atoms with Crippen molar-refractivity contribution in [2.45, 2.75) is 225 Å². The van der Waals surface area contributed by atoms with Crippen molar-refractivity contribution in [3.8, 4) is 0 Å². The van der Waals surface area contributed by atoms with Crippen LogP contribution in [0.4, 0.5) is 0 Å². The third-order valence-electron chi connectivity index (χ3n) is 11.1. The molecule has 0 radical (unpaired) electrons. The first-order chi connectivity index (χ1) is 29.8. The predicted octanol–water partition coefficient (Wildman–Crippen LogP) is 8.91. The second-order valence-corrected chi connectivity index (χ2v) is 19.0. The fourth-order valence-electron chi connectivity index (χ4n) is 7.28. The minimum absolute atomic E-state index is 0.00776. The molecule has 0 bridgehead atoms. The third kappa shape index (κ3) is 32.9. The molecule has 15 heteroatoms. The standard InChI is InChI=1S/C47H87O14P/c1-4-5-21-27-39(49)31-32-44-42(43(51)33-47(54)61-44)28-23-19-20-25-30-46(53)60-41(37-59-62(55,56)58-35-40(50)34-48)36-57-45(52)29-24-18-16-14-12-10-8-6-7-9-11-13-15-17-22-26-38(2)3/h19,23,31-32,38-44,47-51,54H,4-18,20-22,24-30,33-37H2,1-3H3,(H,55,56)/b23-19-,32-31+/t39-,40-,41+,42-,43-,44+,47?/m0/s1. The Bertz CT molecular complexity index is 1220. The van der Waals surface area contributed by atoms with Gasteiger partial charge in [-0.3, -0.25) is 18.6 Å². The molecule has 0 aliphatic carbocycles. The van der Waals surface area contributed by atoms with Gasteiger partial charge in [0.25, 0.3) is 0 Å².